The van der Waals surface area contributed by atoms with Gasteiger partial charge in [0.05, 0.1) is 16.8 Å². The van der Waals surface area contributed by atoms with Gasteiger partial charge >= 0.3 is 6.18 Å². The molecule has 0 spiro atoms. The molecule has 6 nitrogen and oxygen atoms in total. The van der Waals surface area contributed by atoms with E-state index in [2.05, 4.69) is 15.5 Å². The highest BCUT2D eigenvalue weighted by molar-refractivity contribution is 6.32. The number of alkyl halides is 3. The van der Waals surface area contributed by atoms with Crippen molar-refractivity contribution in [3.05, 3.63) is 101 Å². The Morgan fingerprint density at radius 3 is 2.68 bits per heavy atom. The van der Waals surface area contributed by atoms with E-state index >= 15 is 0 Å². The molecule has 1 atom stereocenters. The van der Waals surface area contributed by atoms with Crippen molar-refractivity contribution in [2.45, 2.75) is 32.2 Å². The van der Waals surface area contributed by atoms with Crippen LogP contribution in [0.15, 0.2) is 84.2 Å². The highest BCUT2D eigenvalue weighted by atomic mass is 35.5. The topological polar surface area (TPSA) is 72.8 Å². The molecule has 0 saturated carbocycles. The second-order valence-electron chi connectivity index (χ2n) is 8.27. The molecule has 1 amide bonds. The molecule has 0 radical (unpaired) electrons. The highest BCUT2D eigenvalue weighted by Gasteiger charge is 2.31. The molecule has 0 fully saturated rings. The van der Waals surface area contributed by atoms with Gasteiger partial charge in [-0.2, -0.15) is 18.3 Å². The second kappa shape index (κ2) is 12.0. The molecule has 0 aliphatic carbocycles. The van der Waals surface area contributed by atoms with Crippen molar-refractivity contribution in [3.63, 3.8) is 0 Å². The molecule has 10 heteroatoms. The zero-order valence-electron chi connectivity index (χ0n) is 20.2. The number of rotatable bonds is 9. The van der Waals surface area contributed by atoms with Crippen LogP contribution < -0.4 is 14.9 Å². The number of aromatic nitrogens is 1. The van der Waals surface area contributed by atoms with Gasteiger partial charge in [-0.3, -0.25) is 9.78 Å². The van der Waals surface area contributed by atoms with E-state index in [4.69, 9.17) is 21.1 Å². The van der Waals surface area contributed by atoms with Crippen molar-refractivity contribution in [1.82, 2.24) is 10.4 Å². The lowest BCUT2D eigenvalue weighted by Gasteiger charge is -2.17. The smallest absolute Gasteiger partial charge is 0.416 e. The Morgan fingerprint density at radius 2 is 1.97 bits per heavy atom. The van der Waals surface area contributed by atoms with Crippen molar-refractivity contribution in [3.8, 4) is 11.5 Å². The van der Waals surface area contributed by atoms with Crippen LogP contribution in [-0.2, 0) is 17.6 Å². The maximum Gasteiger partial charge on any atom is 0.416 e. The zero-order chi connectivity index (χ0) is 27.1. The lowest BCUT2D eigenvalue weighted by molar-refractivity contribution is -0.137. The van der Waals surface area contributed by atoms with Crippen LogP contribution in [-0.4, -0.2) is 23.2 Å². The molecule has 0 saturated heterocycles. The average molecular weight is 542 g/mol. The van der Waals surface area contributed by atoms with Gasteiger partial charge in [0.2, 0.25) is 0 Å². The highest BCUT2D eigenvalue weighted by Crippen LogP contribution is 2.35. The summed E-state index contributed by atoms with van der Waals surface area (Å²) in [5.41, 5.74) is 3.21. The maximum atomic E-state index is 12.9. The van der Waals surface area contributed by atoms with Crippen LogP contribution in [0, 0.1) is 0 Å². The van der Waals surface area contributed by atoms with Gasteiger partial charge in [0, 0.05) is 23.5 Å². The van der Waals surface area contributed by atoms with Crippen molar-refractivity contribution < 1.29 is 27.4 Å². The number of hydrogen-bond donors (Lipinski definition) is 1. The normalized spacial score (nSPS) is 12.4. The maximum absolute atomic E-state index is 12.9. The van der Waals surface area contributed by atoms with E-state index in [1.54, 1.807) is 19.3 Å². The molecule has 3 aromatic carbocycles. The number of benzene rings is 3. The fraction of sp³-hybridized carbons (Fsp3) is 0.179. The number of ether oxygens (including phenoxy) is 2. The van der Waals surface area contributed by atoms with Crippen LogP contribution in [0.4, 0.5) is 13.2 Å². The predicted molar refractivity (Wildman–Crippen MR) is 139 cm³/mol. The van der Waals surface area contributed by atoms with Gasteiger partial charge in [-0.15, -0.1) is 0 Å². The third-order valence-electron chi connectivity index (χ3n) is 5.59. The zero-order valence-corrected chi connectivity index (χ0v) is 21.0. The summed E-state index contributed by atoms with van der Waals surface area (Å²) >= 11 is 5.95. The molecular formula is C28H23ClF3N3O3. The van der Waals surface area contributed by atoms with Gasteiger partial charge in [0.25, 0.3) is 5.91 Å². The molecule has 0 aliphatic rings. The van der Waals surface area contributed by atoms with E-state index in [0.717, 1.165) is 40.1 Å². The molecule has 4 aromatic rings. The van der Waals surface area contributed by atoms with Gasteiger partial charge in [-0.1, -0.05) is 48.9 Å². The summed E-state index contributed by atoms with van der Waals surface area (Å²) in [5, 5.41) is 5.64. The number of hydrazone groups is 1. The number of nitrogens with zero attached hydrogens (tertiary/aromatic N) is 2. The number of amides is 1. The minimum atomic E-state index is -4.54. The Labute approximate surface area is 222 Å². The number of pyridine rings is 1. The Hall–Kier alpha value is -4.11. The Morgan fingerprint density at radius 1 is 1.13 bits per heavy atom. The number of carbonyl (C=O) groups excluding carboxylic acids is 1. The van der Waals surface area contributed by atoms with E-state index in [-0.39, 0.29) is 17.2 Å². The monoisotopic (exact) mass is 541 g/mol. The molecule has 4 rings (SSSR count). The van der Waals surface area contributed by atoms with Crippen molar-refractivity contribution >= 4 is 34.5 Å². The average Bonchev–Trinajstić information content (AvgIpc) is 2.91. The second-order valence-corrected chi connectivity index (χ2v) is 8.68. The Balaban J connectivity index is 1.43. The third kappa shape index (κ3) is 6.80. The van der Waals surface area contributed by atoms with Gasteiger partial charge < -0.3 is 9.47 Å². The predicted octanol–water partition coefficient (Wildman–Crippen LogP) is 6.79. The van der Waals surface area contributed by atoms with Gasteiger partial charge in [-0.05, 0) is 53.6 Å². The van der Waals surface area contributed by atoms with E-state index < -0.39 is 23.8 Å². The minimum absolute atomic E-state index is 0.0292. The summed E-state index contributed by atoms with van der Waals surface area (Å²) in [6.07, 6.45) is -0.371. The first-order chi connectivity index (χ1) is 18.2. The Kier molecular flexibility index (Phi) is 8.48. The SMILES string of the molecule is CCC(Oc1ccc(C(F)(F)F)cc1Cl)C(=O)N/N=C/c1cccc2ccc(OCc3cccnc3)cc12. The molecular weight excluding hydrogens is 519 g/mol. The third-order valence-corrected chi connectivity index (χ3v) is 5.88. The molecule has 0 aliphatic heterocycles. The van der Waals surface area contributed by atoms with Gasteiger partial charge in [0.15, 0.2) is 6.10 Å². The largest absolute Gasteiger partial charge is 0.489 e. The molecule has 196 valence electrons. The summed E-state index contributed by atoms with van der Waals surface area (Å²) in [6.45, 7) is 2.07. The first-order valence-corrected chi connectivity index (χ1v) is 12.0. The van der Waals surface area contributed by atoms with E-state index in [1.165, 1.54) is 6.21 Å². The standard InChI is InChI=1S/C28H23ClF3N3O3/c1-2-25(38-26-11-9-21(13-24(26)29)28(30,31)32)27(36)35-34-16-20-7-3-6-19-8-10-22(14-23(19)20)37-17-18-5-4-12-33-15-18/h3-16,25H,2,17H2,1H3,(H,35,36)/b34-16+. The lowest BCUT2D eigenvalue weighted by Crippen LogP contribution is -2.35. The van der Waals surface area contributed by atoms with Crippen LogP contribution in [0.2, 0.25) is 5.02 Å². The Bertz CT molecular complexity index is 1450. The number of nitrogens with one attached hydrogen (secondary N) is 1. The molecule has 0 bridgehead atoms. The van der Waals surface area contributed by atoms with E-state index in [9.17, 15) is 18.0 Å². The number of fused-ring (bicyclic) bond motifs is 1. The summed E-state index contributed by atoms with van der Waals surface area (Å²) in [4.78, 5) is 16.7. The van der Waals surface area contributed by atoms with E-state index in [0.29, 0.717) is 12.4 Å². The van der Waals surface area contributed by atoms with E-state index in [1.807, 2.05) is 48.5 Å². The molecule has 1 aromatic heterocycles. The number of hydrogen-bond acceptors (Lipinski definition) is 5. The lowest BCUT2D eigenvalue weighted by atomic mass is 10.1. The number of carbonyl (C=O) groups is 1. The summed E-state index contributed by atoms with van der Waals surface area (Å²) in [5.74, 6) is 0.0677. The summed E-state index contributed by atoms with van der Waals surface area (Å²) in [6, 6.07) is 17.8. The van der Waals surface area contributed by atoms with Crippen LogP contribution in [0.25, 0.3) is 10.8 Å². The molecule has 1 heterocycles. The van der Waals surface area contributed by atoms with Crippen LogP contribution in [0.1, 0.15) is 30.0 Å². The minimum Gasteiger partial charge on any atom is -0.489 e. The van der Waals surface area contributed by atoms with Crippen LogP contribution in [0.5, 0.6) is 11.5 Å². The molecule has 1 N–H and O–H groups in total. The van der Waals surface area contributed by atoms with Crippen LogP contribution in [0.3, 0.4) is 0 Å². The first-order valence-electron chi connectivity index (χ1n) is 11.7. The summed E-state index contributed by atoms with van der Waals surface area (Å²) in [7, 11) is 0. The van der Waals surface area contributed by atoms with Gasteiger partial charge in [0.1, 0.15) is 18.1 Å². The molecule has 38 heavy (non-hydrogen) atoms. The fourth-order valence-corrected chi connectivity index (χ4v) is 3.84. The van der Waals surface area contributed by atoms with Crippen molar-refractivity contribution in [2.75, 3.05) is 0 Å². The molecule has 1 unspecified atom stereocenters. The number of halogens is 4. The van der Waals surface area contributed by atoms with Crippen molar-refractivity contribution in [2.24, 2.45) is 5.10 Å². The quantitative estimate of drug-likeness (QED) is 0.187. The van der Waals surface area contributed by atoms with Crippen LogP contribution >= 0.6 is 11.6 Å². The fourth-order valence-electron chi connectivity index (χ4n) is 3.61. The first kappa shape index (κ1) is 26.9. The van der Waals surface area contributed by atoms with Gasteiger partial charge in [-0.25, -0.2) is 5.43 Å². The van der Waals surface area contributed by atoms with Crippen molar-refractivity contribution in [1.29, 1.82) is 0 Å². The summed E-state index contributed by atoms with van der Waals surface area (Å²) < 4.78 is 50.1.